The second-order valence-corrected chi connectivity index (χ2v) is 3.45. The summed E-state index contributed by atoms with van der Waals surface area (Å²) in [6.45, 7) is 2.23. The molecule has 11 heavy (non-hydrogen) atoms. The molecular formula is C11H14. The Morgan fingerprint density at radius 1 is 1.45 bits per heavy atom. The minimum atomic E-state index is 0.838. The maximum atomic E-state index is 2.36. The van der Waals surface area contributed by atoms with Crippen LogP contribution in [0.3, 0.4) is 0 Å². The van der Waals surface area contributed by atoms with Gasteiger partial charge in [-0.1, -0.05) is 29.9 Å². The first-order chi connectivity index (χ1) is 5.38. The molecule has 0 spiro atoms. The van der Waals surface area contributed by atoms with Crippen molar-refractivity contribution >= 4 is 0 Å². The van der Waals surface area contributed by atoms with E-state index in [9.17, 15) is 0 Å². The maximum absolute atomic E-state index is 2.36. The fourth-order valence-electron chi connectivity index (χ4n) is 2.02. The molecule has 0 heteroatoms. The fraction of sp³-hybridized carbons (Fsp3) is 0.455. The van der Waals surface area contributed by atoms with E-state index in [4.69, 9.17) is 0 Å². The normalized spacial score (nSPS) is 29.0. The van der Waals surface area contributed by atoms with Crippen LogP contribution in [0.4, 0.5) is 0 Å². The number of rotatable bonds is 0. The standard InChI is InChI=1S/C11H14/c1-9-5-4-7-10-6-2-3-8-11(9)10/h2-3,5,8,10H,4,6-7H2,1H3. The smallest absolute Gasteiger partial charge is 0.0122 e. The Morgan fingerprint density at radius 3 is 3.18 bits per heavy atom. The molecule has 1 unspecified atom stereocenters. The van der Waals surface area contributed by atoms with E-state index in [-0.39, 0.29) is 0 Å². The molecule has 0 amide bonds. The Balaban J connectivity index is 2.33. The van der Waals surface area contributed by atoms with Gasteiger partial charge in [0.15, 0.2) is 0 Å². The van der Waals surface area contributed by atoms with Crippen LogP contribution >= 0.6 is 0 Å². The third-order valence-electron chi connectivity index (χ3n) is 2.69. The van der Waals surface area contributed by atoms with E-state index >= 15 is 0 Å². The highest BCUT2D eigenvalue weighted by Gasteiger charge is 2.18. The summed E-state index contributed by atoms with van der Waals surface area (Å²) in [6.07, 6.45) is 13.0. The molecule has 0 nitrogen and oxygen atoms in total. The summed E-state index contributed by atoms with van der Waals surface area (Å²) in [7, 11) is 0. The van der Waals surface area contributed by atoms with Crippen LogP contribution in [0.15, 0.2) is 35.5 Å². The molecule has 0 fully saturated rings. The van der Waals surface area contributed by atoms with Gasteiger partial charge in [0.05, 0.1) is 0 Å². The zero-order valence-corrected chi connectivity index (χ0v) is 7.01. The van der Waals surface area contributed by atoms with Gasteiger partial charge in [-0.2, -0.15) is 0 Å². The van der Waals surface area contributed by atoms with Crippen molar-refractivity contribution < 1.29 is 0 Å². The van der Waals surface area contributed by atoms with Crippen molar-refractivity contribution in [2.24, 2.45) is 5.92 Å². The van der Waals surface area contributed by atoms with Crippen LogP contribution in [0, 0.1) is 5.92 Å². The van der Waals surface area contributed by atoms with Crippen LogP contribution in [0.1, 0.15) is 26.2 Å². The molecule has 0 aromatic carbocycles. The van der Waals surface area contributed by atoms with Crippen molar-refractivity contribution in [3.8, 4) is 0 Å². The minimum Gasteiger partial charge on any atom is -0.0839 e. The topological polar surface area (TPSA) is 0 Å². The van der Waals surface area contributed by atoms with Gasteiger partial charge in [-0.3, -0.25) is 0 Å². The lowest BCUT2D eigenvalue weighted by atomic mass is 9.80. The van der Waals surface area contributed by atoms with Gasteiger partial charge in [0.25, 0.3) is 0 Å². The quantitative estimate of drug-likeness (QED) is 0.492. The summed E-state index contributed by atoms with van der Waals surface area (Å²) in [5, 5.41) is 0. The summed E-state index contributed by atoms with van der Waals surface area (Å²) in [5.74, 6) is 0.838. The first kappa shape index (κ1) is 6.90. The van der Waals surface area contributed by atoms with Crippen molar-refractivity contribution in [1.29, 1.82) is 0 Å². The SMILES string of the molecule is CC1=CCCC2CC=CC=C12. The summed E-state index contributed by atoms with van der Waals surface area (Å²) in [4.78, 5) is 0. The molecule has 0 aromatic heterocycles. The van der Waals surface area contributed by atoms with E-state index in [1.807, 2.05) is 0 Å². The molecule has 0 radical (unpaired) electrons. The van der Waals surface area contributed by atoms with Crippen LogP contribution in [0.2, 0.25) is 0 Å². The van der Waals surface area contributed by atoms with E-state index < -0.39 is 0 Å². The van der Waals surface area contributed by atoms with Crippen molar-refractivity contribution in [3.05, 3.63) is 35.5 Å². The second kappa shape index (κ2) is 2.69. The molecule has 1 atom stereocenters. The highest BCUT2D eigenvalue weighted by atomic mass is 14.2. The van der Waals surface area contributed by atoms with Crippen molar-refractivity contribution in [2.45, 2.75) is 26.2 Å². The lowest BCUT2D eigenvalue weighted by Gasteiger charge is -2.25. The Bertz CT molecular complexity index is 241. The molecule has 58 valence electrons. The van der Waals surface area contributed by atoms with E-state index in [0.29, 0.717) is 0 Å². The monoisotopic (exact) mass is 146 g/mol. The molecule has 0 bridgehead atoms. The molecule has 2 aliphatic carbocycles. The number of hydrogen-bond donors (Lipinski definition) is 0. The van der Waals surface area contributed by atoms with E-state index in [2.05, 4.69) is 31.2 Å². The molecule has 0 heterocycles. The minimum absolute atomic E-state index is 0.838. The Morgan fingerprint density at radius 2 is 2.36 bits per heavy atom. The fourth-order valence-corrected chi connectivity index (χ4v) is 2.02. The molecule has 0 saturated carbocycles. The molecule has 2 rings (SSSR count). The van der Waals surface area contributed by atoms with Crippen LogP contribution in [-0.4, -0.2) is 0 Å². The zero-order valence-electron chi connectivity index (χ0n) is 7.01. The zero-order chi connectivity index (χ0) is 7.68. The Kier molecular flexibility index (Phi) is 1.69. The first-order valence-electron chi connectivity index (χ1n) is 4.42. The van der Waals surface area contributed by atoms with Gasteiger partial charge in [-0.15, -0.1) is 0 Å². The van der Waals surface area contributed by atoms with E-state index in [0.717, 1.165) is 5.92 Å². The summed E-state index contributed by atoms with van der Waals surface area (Å²) in [6, 6.07) is 0. The predicted octanol–water partition coefficient (Wildman–Crippen LogP) is 3.23. The molecule has 2 aliphatic rings. The van der Waals surface area contributed by atoms with E-state index in [1.54, 1.807) is 5.57 Å². The Hall–Kier alpha value is -0.780. The average Bonchev–Trinajstić information content (AvgIpc) is 2.06. The van der Waals surface area contributed by atoms with Gasteiger partial charge in [0.1, 0.15) is 0 Å². The van der Waals surface area contributed by atoms with Gasteiger partial charge < -0.3 is 0 Å². The molecule has 0 N–H and O–H groups in total. The molecule has 0 aliphatic heterocycles. The lowest BCUT2D eigenvalue weighted by molar-refractivity contribution is 0.556. The van der Waals surface area contributed by atoms with Crippen LogP contribution in [0.25, 0.3) is 0 Å². The molecule has 0 saturated heterocycles. The second-order valence-electron chi connectivity index (χ2n) is 3.45. The van der Waals surface area contributed by atoms with E-state index in [1.165, 1.54) is 24.8 Å². The number of hydrogen-bond acceptors (Lipinski definition) is 0. The molecular weight excluding hydrogens is 132 g/mol. The van der Waals surface area contributed by atoms with Crippen LogP contribution in [-0.2, 0) is 0 Å². The lowest BCUT2D eigenvalue weighted by Crippen LogP contribution is -2.10. The average molecular weight is 146 g/mol. The van der Waals surface area contributed by atoms with Gasteiger partial charge >= 0.3 is 0 Å². The van der Waals surface area contributed by atoms with Crippen molar-refractivity contribution in [1.82, 2.24) is 0 Å². The number of allylic oxidation sites excluding steroid dienone is 6. The van der Waals surface area contributed by atoms with Gasteiger partial charge in [-0.05, 0) is 37.7 Å². The Labute approximate surface area is 68.3 Å². The predicted molar refractivity (Wildman–Crippen MR) is 48.3 cm³/mol. The third kappa shape index (κ3) is 1.18. The molecule has 0 aromatic rings. The van der Waals surface area contributed by atoms with Gasteiger partial charge in [0, 0.05) is 0 Å². The maximum Gasteiger partial charge on any atom is -0.0122 e. The van der Waals surface area contributed by atoms with Crippen molar-refractivity contribution in [2.75, 3.05) is 0 Å². The summed E-state index contributed by atoms with van der Waals surface area (Å²) < 4.78 is 0. The first-order valence-corrected chi connectivity index (χ1v) is 4.42. The highest BCUT2D eigenvalue weighted by molar-refractivity contribution is 5.38. The van der Waals surface area contributed by atoms with Crippen LogP contribution in [0.5, 0.6) is 0 Å². The highest BCUT2D eigenvalue weighted by Crippen LogP contribution is 2.34. The largest absolute Gasteiger partial charge is 0.0839 e. The van der Waals surface area contributed by atoms with Gasteiger partial charge in [0.2, 0.25) is 0 Å². The van der Waals surface area contributed by atoms with Crippen molar-refractivity contribution in [3.63, 3.8) is 0 Å². The van der Waals surface area contributed by atoms with Gasteiger partial charge in [-0.25, -0.2) is 0 Å². The van der Waals surface area contributed by atoms with Crippen LogP contribution < -0.4 is 0 Å². The summed E-state index contributed by atoms with van der Waals surface area (Å²) >= 11 is 0. The summed E-state index contributed by atoms with van der Waals surface area (Å²) in [5.41, 5.74) is 3.09. The number of fused-ring (bicyclic) bond motifs is 1. The third-order valence-corrected chi connectivity index (χ3v) is 2.69.